The number of carboxylic acids is 2. The van der Waals surface area contributed by atoms with Crippen LogP contribution in [-0.4, -0.2) is 33.9 Å². The predicted molar refractivity (Wildman–Crippen MR) is 116 cm³/mol. The van der Waals surface area contributed by atoms with E-state index in [0.29, 0.717) is 25.9 Å². The number of ether oxygens (including phenoxy) is 1. The van der Waals surface area contributed by atoms with Crippen molar-refractivity contribution < 1.29 is 29.6 Å². The molecule has 0 amide bonds. The van der Waals surface area contributed by atoms with Crippen molar-refractivity contribution in [1.82, 2.24) is 0 Å². The molecule has 2 aromatic carbocycles. The summed E-state index contributed by atoms with van der Waals surface area (Å²) in [6, 6.07) is 17.9. The van der Waals surface area contributed by atoms with Crippen LogP contribution >= 0.6 is 0 Å². The summed E-state index contributed by atoms with van der Waals surface area (Å²) in [5.74, 6) is -0.661. The number of carbonyl (C=O) groups is 2. The number of benzene rings is 2. The minimum Gasteiger partial charge on any atom is -0.489 e. The van der Waals surface area contributed by atoms with Crippen LogP contribution in [0.3, 0.4) is 0 Å². The Kier molecular flexibility index (Phi) is 13.4. The van der Waals surface area contributed by atoms with Crippen LogP contribution in [-0.2, 0) is 22.6 Å². The van der Waals surface area contributed by atoms with Crippen molar-refractivity contribution in [2.75, 3.05) is 6.61 Å². The van der Waals surface area contributed by atoms with Gasteiger partial charge >= 0.3 is 11.9 Å². The van der Waals surface area contributed by atoms with E-state index in [-0.39, 0.29) is 19.4 Å². The summed E-state index contributed by atoms with van der Waals surface area (Å²) in [6.45, 7) is 0.768. The summed E-state index contributed by atoms with van der Waals surface area (Å²) in [5.41, 5.74) is 2.28. The van der Waals surface area contributed by atoms with Gasteiger partial charge in [-0.15, -0.1) is 0 Å². The first kappa shape index (κ1) is 25.2. The molecule has 0 atom stereocenters. The van der Waals surface area contributed by atoms with Crippen molar-refractivity contribution in [3.63, 3.8) is 0 Å². The minimum atomic E-state index is -0.759. The summed E-state index contributed by atoms with van der Waals surface area (Å²) in [6.07, 6.45) is 5.22. The lowest BCUT2D eigenvalue weighted by Crippen LogP contribution is -1.95. The molecule has 30 heavy (non-hydrogen) atoms. The third-order valence-corrected chi connectivity index (χ3v) is 4.35. The second-order valence-electron chi connectivity index (χ2n) is 6.95. The lowest BCUT2D eigenvalue weighted by Gasteiger charge is -2.06. The van der Waals surface area contributed by atoms with E-state index in [1.54, 1.807) is 0 Å². The normalized spacial score (nSPS) is 10.0. The van der Waals surface area contributed by atoms with Gasteiger partial charge in [0.15, 0.2) is 0 Å². The zero-order chi connectivity index (χ0) is 22.0. The van der Waals surface area contributed by atoms with Crippen LogP contribution in [0.5, 0.6) is 5.75 Å². The van der Waals surface area contributed by atoms with E-state index in [1.165, 1.54) is 0 Å². The molecule has 0 aliphatic carbocycles. The van der Waals surface area contributed by atoms with E-state index in [4.69, 9.17) is 20.1 Å². The molecule has 0 fully saturated rings. The molecule has 0 saturated heterocycles. The average molecular weight is 417 g/mol. The van der Waals surface area contributed by atoms with E-state index >= 15 is 0 Å². The summed E-state index contributed by atoms with van der Waals surface area (Å²) in [7, 11) is 0. The molecule has 2 rings (SSSR count). The van der Waals surface area contributed by atoms with E-state index in [1.807, 2.05) is 54.6 Å². The summed E-state index contributed by atoms with van der Waals surface area (Å²) < 4.78 is 5.66. The van der Waals surface area contributed by atoms with E-state index < -0.39 is 11.9 Å². The number of aliphatic hydroxyl groups is 1. The number of rotatable bonds is 13. The first-order valence-electron chi connectivity index (χ1n) is 10.3. The van der Waals surface area contributed by atoms with E-state index in [0.717, 1.165) is 36.1 Å². The van der Waals surface area contributed by atoms with Gasteiger partial charge in [0.25, 0.3) is 0 Å². The van der Waals surface area contributed by atoms with Crippen molar-refractivity contribution in [2.45, 2.75) is 58.0 Å². The van der Waals surface area contributed by atoms with Crippen LogP contribution < -0.4 is 4.74 Å². The lowest BCUT2D eigenvalue weighted by atomic mass is 10.1. The number of aliphatic carboxylic acids is 2. The lowest BCUT2D eigenvalue weighted by molar-refractivity contribution is -0.138. The first-order chi connectivity index (χ1) is 14.5. The zero-order valence-electron chi connectivity index (χ0n) is 17.3. The highest BCUT2D eigenvalue weighted by Gasteiger charge is 1.99. The molecule has 0 heterocycles. The third kappa shape index (κ3) is 13.3. The van der Waals surface area contributed by atoms with Crippen molar-refractivity contribution in [3.8, 4) is 5.75 Å². The smallest absolute Gasteiger partial charge is 0.303 e. The maximum Gasteiger partial charge on any atom is 0.303 e. The van der Waals surface area contributed by atoms with Crippen LogP contribution in [0.25, 0.3) is 0 Å². The second kappa shape index (κ2) is 16.0. The maximum absolute atomic E-state index is 10.1. The molecule has 0 aliphatic heterocycles. The van der Waals surface area contributed by atoms with Gasteiger partial charge in [0.05, 0.1) is 0 Å². The Bertz CT molecular complexity index is 694. The molecule has 0 bridgehead atoms. The highest BCUT2D eigenvalue weighted by molar-refractivity contribution is 5.66. The number of hydrogen-bond donors (Lipinski definition) is 3. The molecule has 3 N–H and O–H groups in total. The van der Waals surface area contributed by atoms with Crippen molar-refractivity contribution in [1.29, 1.82) is 0 Å². The van der Waals surface area contributed by atoms with Crippen molar-refractivity contribution in [3.05, 3.63) is 65.7 Å². The SMILES string of the molecule is O=C(O)CCCCCCCC(=O)O.OCCc1ccc(OCc2ccccc2)cc1. The quantitative estimate of drug-likeness (QED) is 0.409. The van der Waals surface area contributed by atoms with Crippen LogP contribution in [0.1, 0.15) is 56.1 Å². The Balaban J connectivity index is 0.000000314. The molecule has 6 nitrogen and oxygen atoms in total. The molecular formula is C24H32O6. The van der Waals surface area contributed by atoms with Crippen LogP contribution in [0.15, 0.2) is 54.6 Å². The van der Waals surface area contributed by atoms with Gasteiger partial charge in [0, 0.05) is 19.4 Å². The fourth-order valence-corrected chi connectivity index (χ4v) is 2.71. The molecule has 6 heteroatoms. The topological polar surface area (TPSA) is 104 Å². The van der Waals surface area contributed by atoms with E-state index in [9.17, 15) is 9.59 Å². The summed E-state index contributed by atoms with van der Waals surface area (Å²) >= 11 is 0. The zero-order valence-corrected chi connectivity index (χ0v) is 17.3. The Morgan fingerprint density at radius 2 is 1.23 bits per heavy atom. The number of unbranched alkanes of at least 4 members (excludes halogenated alkanes) is 4. The Morgan fingerprint density at radius 3 is 1.73 bits per heavy atom. The van der Waals surface area contributed by atoms with Crippen molar-refractivity contribution in [2.24, 2.45) is 0 Å². The number of carboxylic acid groups (broad SMARTS) is 2. The molecule has 164 valence electrons. The van der Waals surface area contributed by atoms with Gasteiger partial charge in [0.1, 0.15) is 12.4 Å². The molecule has 0 unspecified atom stereocenters. The Hall–Kier alpha value is -2.86. The number of aliphatic hydroxyl groups excluding tert-OH is 1. The number of hydrogen-bond acceptors (Lipinski definition) is 4. The molecule has 0 saturated carbocycles. The third-order valence-electron chi connectivity index (χ3n) is 4.35. The summed E-state index contributed by atoms with van der Waals surface area (Å²) in [5, 5.41) is 25.4. The van der Waals surface area contributed by atoms with Crippen LogP contribution in [0, 0.1) is 0 Å². The molecule has 0 radical (unpaired) electrons. The molecule has 0 aromatic heterocycles. The summed E-state index contributed by atoms with van der Waals surface area (Å²) in [4.78, 5) is 20.2. The van der Waals surface area contributed by atoms with Crippen molar-refractivity contribution >= 4 is 11.9 Å². The largest absolute Gasteiger partial charge is 0.489 e. The highest BCUT2D eigenvalue weighted by atomic mass is 16.5. The second-order valence-corrected chi connectivity index (χ2v) is 6.95. The van der Waals surface area contributed by atoms with Gasteiger partial charge in [-0.25, -0.2) is 0 Å². The fraction of sp³-hybridized carbons (Fsp3) is 0.417. The van der Waals surface area contributed by atoms with Crippen LogP contribution in [0.4, 0.5) is 0 Å². The van der Waals surface area contributed by atoms with E-state index in [2.05, 4.69) is 0 Å². The maximum atomic E-state index is 10.1. The van der Waals surface area contributed by atoms with Gasteiger partial charge in [-0.1, -0.05) is 61.7 Å². The average Bonchev–Trinajstić information content (AvgIpc) is 2.74. The van der Waals surface area contributed by atoms with Crippen LogP contribution in [0.2, 0.25) is 0 Å². The van der Waals surface area contributed by atoms with Gasteiger partial charge in [0.2, 0.25) is 0 Å². The molecular weight excluding hydrogens is 384 g/mol. The van der Waals surface area contributed by atoms with Gasteiger partial charge in [-0.05, 0) is 42.5 Å². The van der Waals surface area contributed by atoms with Gasteiger partial charge < -0.3 is 20.1 Å². The Morgan fingerprint density at radius 1 is 0.700 bits per heavy atom. The molecule has 0 aliphatic rings. The standard InChI is InChI=1S/C15H16O2.C9H16O4/c16-11-10-13-6-8-15(9-7-13)17-12-14-4-2-1-3-5-14;10-8(11)6-4-2-1-3-5-7-9(12)13/h1-9,16H,10-12H2;1-7H2,(H,10,11)(H,12,13). The fourth-order valence-electron chi connectivity index (χ4n) is 2.71. The first-order valence-corrected chi connectivity index (χ1v) is 10.3. The predicted octanol–water partition coefficient (Wildman–Crippen LogP) is 4.69. The van der Waals surface area contributed by atoms with Gasteiger partial charge in [-0.2, -0.15) is 0 Å². The minimum absolute atomic E-state index is 0.185. The monoisotopic (exact) mass is 416 g/mol. The molecule has 0 spiro atoms. The van der Waals surface area contributed by atoms with Gasteiger partial charge in [-0.3, -0.25) is 9.59 Å². The Labute approximate surface area is 178 Å². The highest BCUT2D eigenvalue weighted by Crippen LogP contribution is 2.14. The molecule has 2 aromatic rings.